The highest BCUT2D eigenvalue weighted by Crippen LogP contribution is 2.39. The van der Waals surface area contributed by atoms with Crippen LogP contribution in [0.25, 0.3) is 10.8 Å². The number of anilines is 1. The quantitative estimate of drug-likeness (QED) is 0.553. The fraction of sp³-hybridized carbons (Fsp3) is 0.385. The number of rotatable bonds is 3. The molecule has 1 amide bonds. The van der Waals surface area contributed by atoms with Gasteiger partial charge in [0.15, 0.2) is 0 Å². The van der Waals surface area contributed by atoms with Crippen LogP contribution in [0.5, 0.6) is 0 Å². The van der Waals surface area contributed by atoms with E-state index in [0.717, 1.165) is 15.7 Å². The van der Waals surface area contributed by atoms with E-state index in [9.17, 15) is 9.59 Å². The second-order valence-corrected chi connectivity index (χ2v) is 9.97. The summed E-state index contributed by atoms with van der Waals surface area (Å²) in [4.78, 5) is 27.5. The number of pyridine rings is 1. The van der Waals surface area contributed by atoms with Crippen molar-refractivity contribution in [2.24, 2.45) is 6.98 Å². The molecule has 1 aliphatic rings. The van der Waals surface area contributed by atoms with Crippen molar-refractivity contribution in [1.82, 2.24) is 9.47 Å². The Kier molecular flexibility index (Phi) is 4.97. The minimum Gasteiger partial charge on any atom is -0.444 e. The maximum atomic E-state index is 13.0. The summed E-state index contributed by atoms with van der Waals surface area (Å²) in [6, 6.07) is 12.6. The number of aryl methyl sites for hydroxylation is 1. The van der Waals surface area contributed by atoms with Gasteiger partial charge in [-0.2, -0.15) is 0 Å². The zero-order chi connectivity index (χ0) is 26.5. The van der Waals surface area contributed by atoms with Crippen molar-refractivity contribution in [3.05, 3.63) is 75.2 Å². The second-order valence-electron chi connectivity index (χ2n) is 9.56. The zero-order valence-corrected chi connectivity index (χ0v) is 20.0. The van der Waals surface area contributed by atoms with E-state index in [-0.39, 0.29) is 0 Å². The average Bonchev–Trinajstić information content (AvgIpc) is 3.19. The molecule has 1 saturated heterocycles. The van der Waals surface area contributed by atoms with E-state index >= 15 is 0 Å². The van der Waals surface area contributed by atoms with Gasteiger partial charge in [-0.3, -0.25) is 4.79 Å². The summed E-state index contributed by atoms with van der Waals surface area (Å²) in [5, 5.41) is 5.11. The maximum Gasteiger partial charge on any atom is 0.410 e. The van der Waals surface area contributed by atoms with Crippen LogP contribution in [0, 0.1) is 6.92 Å². The smallest absolute Gasteiger partial charge is 0.410 e. The minimum atomic E-state index is -2.58. The lowest BCUT2D eigenvalue weighted by Crippen LogP contribution is -2.42. The standard InChI is InChI=1S/C26H30ClN3O3/c1-17-21(7-6-8-22(17)27)26(12-14-30(16-26)24(32)33-25(2,3)4)28-19-10-9-18-11-13-29(5)23(31)20(18)15-19/h6-11,13,15,28H,12,14,16H2,1-5H3/i5D3. The minimum absolute atomic E-state index is 0.290. The van der Waals surface area contributed by atoms with Crippen molar-refractivity contribution >= 4 is 34.2 Å². The molecular weight excluding hydrogens is 438 g/mol. The molecule has 6 nitrogen and oxygen atoms in total. The van der Waals surface area contributed by atoms with Crippen LogP contribution in [0.3, 0.4) is 0 Å². The third-order valence-electron chi connectivity index (χ3n) is 5.99. The van der Waals surface area contributed by atoms with Crippen molar-refractivity contribution in [2.45, 2.75) is 45.3 Å². The summed E-state index contributed by atoms with van der Waals surface area (Å²) in [6.07, 6.45) is 1.47. The molecule has 0 radical (unpaired) electrons. The lowest BCUT2D eigenvalue weighted by Gasteiger charge is -2.34. The Balaban J connectivity index is 1.77. The molecule has 0 bridgehead atoms. The van der Waals surface area contributed by atoms with Crippen LogP contribution in [0.2, 0.25) is 5.02 Å². The van der Waals surface area contributed by atoms with Gasteiger partial charge >= 0.3 is 6.09 Å². The molecule has 33 heavy (non-hydrogen) atoms. The van der Waals surface area contributed by atoms with Crippen LogP contribution < -0.4 is 10.9 Å². The number of halogens is 1. The van der Waals surface area contributed by atoms with Gasteiger partial charge in [-0.25, -0.2) is 4.79 Å². The number of hydrogen-bond acceptors (Lipinski definition) is 4. The summed E-state index contributed by atoms with van der Waals surface area (Å²) in [5.41, 5.74) is 0.553. The van der Waals surface area contributed by atoms with E-state index in [1.165, 1.54) is 6.20 Å². The number of carbonyl (C=O) groups is 1. The normalized spacial score (nSPS) is 20.3. The van der Waals surface area contributed by atoms with Gasteiger partial charge in [-0.15, -0.1) is 0 Å². The average molecular weight is 471 g/mol. The van der Waals surface area contributed by atoms with Crippen molar-refractivity contribution in [2.75, 3.05) is 18.4 Å². The van der Waals surface area contributed by atoms with Crippen LogP contribution >= 0.6 is 11.6 Å². The Bertz CT molecular complexity index is 1380. The second kappa shape index (κ2) is 8.41. The highest BCUT2D eigenvalue weighted by molar-refractivity contribution is 6.31. The van der Waals surface area contributed by atoms with E-state index in [1.54, 1.807) is 23.1 Å². The van der Waals surface area contributed by atoms with Crippen LogP contribution in [-0.2, 0) is 17.3 Å². The van der Waals surface area contributed by atoms with E-state index in [4.69, 9.17) is 20.5 Å². The molecule has 1 atom stereocenters. The first-order valence-electron chi connectivity index (χ1n) is 12.4. The summed E-state index contributed by atoms with van der Waals surface area (Å²) in [5.74, 6) is 0. The fourth-order valence-electron chi connectivity index (χ4n) is 4.40. The SMILES string of the molecule is [2H]C([2H])([2H])n1ccc2ccc(NC3(c4cccc(Cl)c4C)CCN(C(=O)OC(C)(C)C)C3)cc2c1=O. The molecule has 4 rings (SSSR count). The number of amides is 1. The van der Waals surface area contributed by atoms with Crippen LogP contribution in [-0.4, -0.2) is 34.3 Å². The van der Waals surface area contributed by atoms with E-state index in [1.807, 2.05) is 52.0 Å². The van der Waals surface area contributed by atoms with Gasteiger partial charge in [-0.05, 0) is 74.9 Å². The first kappa shape index (κ1) is 19.5. The number of ether oxygens (including phenoxy) is 1. The zero-order valence-electron chi connectivity index (χ0n) is 22.2. The molecule has 1 aliphatic heterocycles. The molecule has 3 aromatic rings. The van der Waals surface area contributed by atoms with Crippen molar-refractivity contribution in [1.29, 1.82) is 0 Å². The summed E-state index contributed by atoms with van der Waals surface area (Å²) in [7, 11) is 0. The van der Waals surface area contributed by atoms with E-state index in [0.29, 0.717) is 41.0 Å². The monoisotopic (exact) mass is 470 g/mol. The molecule has 0 spiro atoms. The number of carbonyl (C=O) groups excluding carboxylic acids is 1. The first-order chi connectivity index (χ1) is 16.7. The topological polar surface area (TPSA) is 63.6 Å². The largest absolute Gasteiger partial charge is 0.444 e. The molecule has 174 valence electrons. The van der Waals surface area contributed by atoms with Crippen molar-refractivity contribution < 1.29 is 13.6 Å². The Morgan fingerprint density at radius 2 is 2.03 bits per heavy atom. The van der Waals surface area contributed by atoms with E-state index < -0.39 is 29.8 Å². The fourth-order valence-corrected chi connectivity index (χ4v) is 4.57. The van der Waals surface area contributed by atoms with Gasteiger partial charge in [0.2, 0.25) is 0 Å². The molecule has 1 fully saturated rings. The number of hydrogen-bond donors (Lipinski definition) is 1. The number of benzene rings is 2. The maximum absolute atomic E-state index is 13.0. The van der Waals surface area contributed by atoms with Gasteiger partial charge in [0.05, 0.1) is 12.1 Å². The molecule has 0 saturated carbocycles. The van der Waals surface area contributed by atoms with Gasteiger partial charge in [-0.1, -0.05) is 29.8 Å². The summed E-state index contributed by atoms with van der Waals surface area (Å²) >= 11 is 6.47. The number of aromatic nitrogens is 1. The van der Waals surface area contributed by atoms with E-state index in [2.05, 4.69) is 5.32 Å². The molecule has 1 aromatic heterocycles. The summed E-state index contributed by atoms with van der Waals surface area (Å²) in [6.45, 7) is 5.64. The molecule has 1 N–H and O–H groups in total. The van der Waals surface area contributed by atoms with Gasteiger partial charge in [0, 0.05) is 39.9 Å². The van der Waals surface area contributed by atoms with Crippen LogP contribution in [0.15, 0.2) is 53.5 Å². The molecular formula is C26H30ClN3O3. The third-order valence-corrected chi connectivity index (χ3v) is 6.40. The Morgan fingerprint density at radius 3 is 2.76 bits per heavy atom. The highest BCUT2D eigenvalue weighted by Gasteiger charge is 2.43. The first-order valence-corrected chi connectivity index (χ1v) is 11.3. The third kappa shape index (κ3) is 4.58. The number of nitrogens with zero attached hydrogens (tertiary/aromatic N) is 2. The molecule has 7 heteroatoms. The number of likely N-dealkylation sites (tertiary alicyclic amines) is 1. The Hall–Kier alpha value is -2.99. The number of nitrogens with one attached hydrogen (secondary N) is 1. The van der Waals surface area contributed by atoms with Crippen molar-refractivity contribution in [3.63, 3.8) is 0 Å². The predicted octanol–water partition coefficient (Wildman–Crippen LogP) is 5.45. The van der Waals surface area contributed by atoms with Gasteiger partial charge in [0.1, 0.15) is 5.60 Å². The molecule has 0 aliphatic carbocycles. The van der Waals surface area contributed by atoms with Gasteiger partial charge < -0.3 is 19.5 Å². The number of fused-ring (bicyclic) bond motifs is 1. The Labute approximate surface area is 203 Å². The van der Waals surface area contributed by atoms with Crippen LogP contribution in [0.4, 0.5) is 10.5 Å². The van der Waals surface area contributed by atoms with Crippen LogP contribution in [0.1, 0.15) is 42.4 Å². The summed E-state index contributed by atoms with van der Waals surface area (Å²) < 4.78 is 29.3. The molecule has 1 unspecified atom stereocenters. The van der Waals surface area contributed by atoms with Gasteiger partial charge in [0.25, 0.3) is 5.56 Å². The Morgan fingerprint density at radius 1 is 1.24 bits per heavy atom. The van der Waals surface area contributed by atoms with Crippen molar-refractivity contribution in [3.8, 4) is 0 Å². The molecule has 2 heterocycles. The lowest BCUT2D eigenvalue weighted by molar-refractivity contribution is 0.0286. The molecule has 2 aromatic carbocycles. The lowest BCUT2D eigenvalue weighted by atomic mass is 9.85. The highest BCUT2D eigenvalue weighted by atomic mass is 35.5. The predicted molar refractivity (Wildman–Crippen MR) is 133 cm³/mol.